The maximum absolute atomic E-state index is 5.78. The first kappa shape index (κ1) is 12.9. The number of fused-ring (bicyclic) bond motifs is 1. The van der Waals surface area contributed by atoms with E-state index < -0.39 is 0 Å². The fraction of sp³-hybridized carbons (Fsp3) is 0.429. The van der Waals surface area contributed by atoms with Crippen LogP contribution in [0, 0.1) is 0 Å². The lowest BCUT2D eigenvalue weighted by Gasteiger charge is -2.19. The fourth-order valence-corrected chi connectivity index (χ4v) is 2.17. The number of ether oxygens (including phenoxy) is 2. The van der Waals surface area contributed by atoms with Crippen LogP contribution in [-0.4, -0.2) is 32.9 Å². The van der Waals surface area contributed by atoms with Crippen LogP contribution in [0.3, 0.4) is 0 Å². The van der Waals surface area contributed by atoms with Gasteiger partial charge in [0, 0.05) is 13.6 Å². The van der Waals surface area contributed by atoms with Crippen LogP contribution >= 0.6 is 0 Å². The Kier molecular flexibility index (Phi) is 3.89. The molecule has 4 heteroatoms. The van der Waals surface area contributed by atoms with E-state index in [4.69, 9.17) is 14.3 Å². The lowest BCUT2D eigenvalue weighted by Crippen LogP contribution is -2.20. The number of benzene rings is 1. The fourth-order valence-electron chi connectivity index (χ4n) is 2.17. The summed E-state index contributed by atoms with van der Waals surface area (Å²) in [4.78, 5) is 5.78. The quantitative estimate of drug-likeness (QED) is 0.769. The zero-order valence-corrected chi connectivity index (χ0v) is 11.1. The molecule has 0 radical (unpaired) electrons. The maximum atomic E-state index is 5.78. The van der Waals surface area contributed by atoms with Crippen molar-refractivity contribution in [2.24, 2.45) is 0 Å². The molecule has 1 aromatic rings. The number of hydrogen-bond acceptors (Lipinski definition) is 4. The van der Waals surface area contributed by atoms with Crippen molar-refractivity contribution in [3.8, 4) is 11.5 Å². The van der Waals surface area contributed by atoms with Crippen LogP contribution in [0.15, 0.2) is 24.8 Å². The Morgan fingerprint density at radius 1 is 1.33 bits per heavy atom. The second kappa shape index (κ2) is 5.42. The molecule has 98 valence electrons. The van der Waals surface area contributed by atoms with Gasteiger partial charge in [-0.25, -0.2) is 0 Å². The Labute approximate surface area is 108 Å². The summed E-state index contributed by atoms with van der Waals surface area (Å²) in [6, 6.07) is 3.99. The van der Waals surface area contributed by atoms with Gasteiger partial charge in [0.05, 0.1) is 14.2 Å². The number of nitrogens with zero attached hydrogens (tertiary/aromatic N) is 1. The molecule has 18 heavy (non-hydrogen) atoms. The van der Waals surface area contributed by atoms with Gasteiger partial charge in [-0.15, -0.1) is 6.58 Å². The van der Waals surface area contributed by atoms with Crippen LogP contribution in [-0.2, 0) is 11.3 Å². The van der Waals surface area contributed by atoms with Gasteiger partial charge >= 0.3 is 0 Å². The Balaban J connectivity index is 2.49. The summed E-state index contributed by atoms with van der Waals surface area (Å²) in [5.74, 6) is 1.47. The van der Waals surface area contributed by atoms with Gasteiger partial charge in [-0.2, -0.15) is 5.06 Å². The molecule has 1 aromatic carbocycles. The Bertz CT molecular complexity index is 445. The van der Waals surface area contributed by atoms with Crippen molar-refractivity contribution in [3.63, 3.8) is 0 Å². The number of likely N-dealkylation sites (N-methyl/N-ethyl adjacent to an activating group) is 1. The van der Waals surface area contributed by atoms with E-state index in [1.165, 1.54) is 5.56 Å². The normalized spacial score (nSPS) is 19.8. The third kappa shape index (κ3) is 2.35. The molecule has 0 saturated carbocycles. The van der Waals surface area contributed by atoms with E-state index in [-0.39, 0.29) is 6.10 Å². The van der Waals surface area contributed by atoms with Crippen LogP contribution in [0.2, 0.25) is 0 Å². The van der Waals surface area contributed by atoms with Crippen molar-refractivity contribution in [2.75, 3.05) is 27.8 Å². The summed E-state index contributed by atoms with van der Waals surface area (Å²) in [6.45, 7) is 4.67. The van der Waals surface area contributed by atoms with Gasteiger partial charge in [-0.05, 0) is 29.7 Å². The molecule has 1 aliphatic rings. The van der Waals surface area contributed by atoms with Gasteiger partial charge in [-0.3, -0.25) is 4.84 Å². The average molecular weight is 249 g/mol. The summed E-state index contributed by atoms with van der Waals surface area (Å²) in [5, 5.41) is 1.84. The summed E-state index contributed by atoms with van der Waals surface area (Å²) in [5.41, 5.74) is 2.30. The van der Waals surface area contributed by atoms with Crippen molar-refractivity contribution in [3.05, 3.63) is 35.9 Å². The predicted octanol–water partition coefficient (Wildman–Crippen LogP) is 2.35. The van der Waals surface area contributed by atoms with Gasteiger partial charge in [0.1, 0.15) is 6.10 Å². The first-order valence-electron chi connectivity index (χ1n) is 5.94. The molecular weight excluding hydrogens is 230 g/mol. The van der Waals surface area contributed by atoms with Gasteiger partial charge in [0.2, 0.25) is 0 Å². The Hall–Kier alpha value is -1.52. The maximum Gasteiger partial charge on any atom is 0.161 e. The third-order valence-electron chi connectivity index (χ3n) is 3.16. The van der Waals surface area contributed by atoms with Gasteiger partial charge in [0.25, 0.3) is 0 Å². The predicted molar refractivity (Wildman–Crippen MR) is 69.9 cm³/mol. The summed E-state index contributed by atoms with van der Waals surface area (Å²) >= 11 is 0. The van der Waals surface area contributed by atoms with Crippen LogP contribution in [0.4, 0.5) is 0 Å². The molecule has 1 atom stereocenters. The molecule has 0 bridgehead atoms. The minimum Gasteiger partial charge on any atom is -0.493 e. The number of hydrogen-bond donors (Lipinski definition) is 0. The Morgan fingerprint density at radius 2 is 2.00 bits per heavy atom. The molecule has 0 fully saturated rings. The van der Waals surface area contributed by atoms with E-state index >= 15 is 0 Å². The standard InChI is InChI=1S/C14H19NO3/c1-5-12-11-9-14(17-4)13(16-3)8-10(11)6-7-15(2)18-12/h5,8-9,12H,1,6-7H2,2-4H3/t12-/m0/s1. The van der Waals surface area contributed by atoms with Gasteiger partial charge in [-0.1, -0.05) is 6.08 Å². The SMILES string of the molecule is C=C[C@@H]1ON(C)CCc2cc(OC)c(OC)cc21. The minimum absolute atomic E-state index is 0.146. The first-order chi connectivity index (χ1) is 8.69. The number of methoxy groups -OCH3 is 2. The van der Waals surface area contributed by atoms with Crippen LogP contribution < -0.4 is 9.47 Å². The van der Waals surface area contributed by atoms with Crippen molar-refractivity contribution in [1.82, 2.24) is 5.06 Å². The lowest BCUT2D eigenvalue weighted by atomic mass is 9.99. The summed E-state index contributed by atoms with van der Waals surface area (Å²) < 4.78 is 10.7. The first-order valence-corrected chi connectivity index (χ1v) is 5.94. The molecule has 1 aliphatic heterocycles. The Morgan fingerprint density at radius 3 is 2.61 bits per heavy atom. The van der Waals surface area contributed by atoms with Crippen LogP contribution in [0.5, 0.6) is 11.5 Å². The van der Waals surface area contributed by atoms with Crippen molar-refractivity contribution in [1.29, 1.82) is 0 Å². The van der Waals surface area contributed by atoms with Crippen LogP contribution in [0.25, 0.3) is 0 Å². The van der Waals surface area contributed by atoms with E-state index in [2.05, 4.69) is 6.58 Å². The van der Waals surface area contributed by atoms with Gasteiger partial charge in [0.15, 0.2) is 11.5 Å². The smallest absolute Gasteiger partial charge is 0.161 e. The molecule has 0 spiro atoms. The molecule has 2 rings (SSSR count). The second-order valence-electron chi connectivity index (χ2n) is 4.27. The van der Waals surface area contributed by atoms with E-state index in [0.29, 0.717) is 0 Å². The topological polar surface area (TPSA) is 30.9 Å². The monoisotopic (exact) mass is 249 g/mol. The lowest BCUT2D eigenvalue weighted by molar-refractivity contribution is -0.163. The van der Waals surface area contributed by atoms with Gasteiger partial charge < -0.3 is 9.47 Å². The largest absolute Gasteiger partial charge is 0.493 e. The highest BCUT2D eigenvalue weighted by Crippen LogP contribution is 2.36. The molecule has 0 aliphatic carbocycles. The molecule has 4 nitrogen and oxygen atoms in total. The summed E-state index contributed by atoms with van der Waals surface area (Å²) in [6.07, 6.45) is 2.57. The molecule has 0 aromatic heterocycles. The molecule has 0 unspecified atom stereocenters. The molecule has 0 N–H and O–H groups in total. The van der Waals surface area contributed by atoms with E-state index in [1.807, 2.05) is 24.2 Å². The van der Waals surface area contributed by atoms with Crippen molar-refractivity contribution in [2.45, 2.75) is 12.5 Å². The summed E-state index contributed by atoms with van der Waals surface area (Å²) in [7, 11) is 5.21. The van der Waals surface area contributed by atoms with Crippen molar-refractivity contribution < 1.29 is 14.3 Å². The zero-order valence-electron chi connectivity index (χ0n) is 11.1. The van der Waals surface area contributed by atoms with E-state index in [0.717, 1.165) is 30.0 Å². The minimum atomic E-state index is -0.146. The molecule has 0 amide bonds. The highest BCUT2D eigenvalue weighted by Gasteiger charge is 2.22. The number of rotatable bonds is 3. The second-order valence-corrected chi connectivity index (χ2v) is 4.27. The molecule has 0 saturated heterocycles. The van der Waals surface area contributed by atoms with E-state index in [1.54, 1.807) is 20.3 Å². The number of hydroxylamine groups is 2. The van der Waals surface area contributed by atoms with Crippen molar-refractivity contribution >= 4 is 0 Å². The van der Waals surface area contributed by atoms with Crippen LogP contribution in [0.1, 0.15) is 17.2 Å². The van der Waals surface area contributed by atoms with E-state index in [9.17, 15) is 0 Å². The highest BCUT2D eigenvalue weighted by molar-refractivity contribution is 5.49. The molecule has 1 heterocycles. The highest BCUT2D eigenvalue weighted by atomic mass is 16.7. The zero-order chi connectivity index (χ0) is 13.1. The average Bonchev–Trinajstić information content (AvgIpc) is 2.56. The third-order valence-corrected chi connectivity index (χ3v) is 3.16. The molecular formula is C14H19NO3.